The molecule has 0 unspecified atom stereocenters. The van der Waals surface area contributed by atoms with Gasteiger partial charge in [0.1, 0.15) is 6.10 Å². The van der Waals surface area contributed by atoms with Crippen LogP contribution in [0.3, 0.4) is 0 Å². The Balaban J connectivity index is 1.13. The maximum absolute atomic E-state index is 13.2. The summed E-state index contributed by atoms with van der Waals surface area (Å²) in [6, 6.07) is 16.5. The largest absolute Gasteiger partial charge is 0.462 e. The van der Waals surface area contributed by atoms with Gasteiger partial charge in [-0.1, -0.05) is 78.8 Å². The van der Waals surface area contributed by atoms with E-state index in [1.54, 1.807) is 35.4 Å². The summed E-state index contributed by atoms with van der Waals surface area (Å²) in [5.41, 5.74) is 11.2. The number of ether oxygens (including phenoxy) is 2. The third kappa shape index (κ3) is 5.31. The van der Waals surface area contributed by atoms with Crippen molar-refractivity contribution in [2.75, 3.05) is 12.3 Å². The number of benzene rings is 2. The van der Waals surface area contributed by atoms with Gasteiger partial charge in [-0.15, -0.1) is 0 Å². The van der Waals surface area contributed by atoms with Gasteiger partial charge in [-0.3, -0.25) is 0 Å². The molecule has 5 heteroatoms. The monoisotopic (exact) mass is 663 g/mol. The normalized spacial score (nSPS) is 39.1. The summed E-state index contributed by atoms with van der Waals surface area (Å²) >= 11 is 0. The molecule has 0 heterocycles. The second kappa shape index (κ2) is 11.6. The van der Waals surface area contributed by atoms with Crippen LogP contribution in [0.1, 0.15) is 127 Å². The van der Waals surface area contributed by atoms with Gasteiger partial charge in [0.05, 0.1) is 17.7 Å². The molecule has 7 rings (SSSR count). The van der Waals surface area contributed by atoms with Crippen LogP contribution in [0.2, 0.25) is 0 Å². The van der Waals surface area contributed by atoms with E-state index < -0.39 is 0 Å². The van der Waals surface area contributed by atoms with Gasteiger partial charge in [0.25, 0.3) is 0 Å². The van der Waals surface area contributed by atoms with E-state index in [0.29, 0.717) is 40.7 Å². The molecule has 0 spiro atoms. The summed E-state index contributed by atoms with van der Waals surface area (Å²) < 4.78 is 12.3. The highest BCUT2D eigenvalue weighted by atomic mass is 16.5. The second-order valence-electron chi connectivity index (χ2n) is 18.4. The lowest BCUT2D eigenvalue weighted by molar-refractivity contribution is -0.150. The summed E-state index contributed by atoms with van der Waals surface area (Å²) in [7, 11) is 0. The van der Waals surface area contributed by atoms with E-state index in [9.17, 15) is 9.59 Å². The predicted molar refractivity (Wildman–Crippen MR) is 196 cm³/mol. The highest BCUT2D eigenvalue weighted by molar-refractivity contribution is 5.90. The number of hydrogen-bond donors (Lipinski definition) is 1. The molecule has 49 heavy (non-hydrogen) atoms. The molecule has 5 aliphatic rings. The number of nitrogen functional groups attached to an aromatic ring is 1. The number of fused-ring (bicyclic) bond motifs is 7. The zero-order valence-electron chi connectivity index (χ0n) is 30.9. The van der Waals surface area contributed by atoms with Crippen molar-refractivity contribution in [3.8, 4) is 0 Å². The Kier molecular flexibility index (Phi) is 8.08. The lowest BCUT2D eigenvalue weighted by Crippen LogP contribution is -2.61. The fourth-order valence-electron chi connectivity index (χ4n) is 11.7. The highest BCUT2D eigenvalue weighted by Crippen LogP contribution is 2.74. The summed E-state index contributed by atoms with van der Waals surface area (Å²) in [5.74, 6) is 0.450. The van der Waals surface area contributed by atoms with E-state index in [1.165, 1.54) is 19.3 Å². The average molecular weight is 664 g/mol. The molecular weight excluding hydrogens is 606 g/mol. The first-order valence-corrected chi connectivity index (χ1v) is 18.8. The number of rotatable bonds is 5. The van der Waals surface area contributed by atoms with E-state index in [4.69, 9.17) is 15.2 Å². The number of allylic oxidation sites excluding steroid dienone is 4. The van der Waals surface area contributed by atoms with Crippen molar-refractivity contribution in [1.29, 1.82) is 0 Å². The van der Waals surface area contributed by atoms with Crippen LogP contribution in [0.15, 0.2) is 77.9 Å². The fourth-order valence-corrected chi connectivity index (χ4v) is 11.7. The van der Waals surface area contributed by atoms with E-state index in [0.717, 1.165) is 38.5 Å². The lowest BCUT2D eigenvalue weighted by atomic mass is 9.36. The molecule has 0 aliphatic heterocycles. The topological polar surface area (TPSA) is 78.6 Å². The standard InChI is InChI=1S/C44H57NO4/c1-39(2)34-18-17-33-32(42(34,5)21-20-36(39)49-38(47)30-13-15-31(45)16-14-30)19-22-44(7)35-27-40(3,23-24-41(35,4)25-26-43(33,44)6)28-48-37(46)29-11-9-8-10-12-29/h8-17,19,34-36H,18,20-28,45H2,1-7H3/t34-,35-,36-,40-,41-,42-,43-,44+/m1/s1. The van der Waals surface area contributed by atoms with Crippen LogP contribution in [0.4, 0.5) is 5.69 Å². The number of nitrogens with two attached hydrogens (primary N) is 1. The Morgan fingerprint density at radius 3 is 2.14 bits per heavy atom. The molecule has 0 radical (unpaired) electrons. The smallest absolute Gasteiger partial charge is 0.338 e. The number of carbonyl (C=O) groups excluding carboxylic acids is 2. The van der Waals surface area contributed by atoms with Gasteiger partial charge in [-0.2, -0.15) is 0 Å². The van der Waals surface area contributed by atoms with Crippen molar-refractivity contribution < 1.29 is 19.1 Å². The van der Waals surface area contributed by atoms with Crippen LogP contribution in [0.5, 0.6) is 0 Å². The number of esters is 2. The maximum atomic E-state index is 13.2. The van der Waals surface area contributed by atoms with E-state index in [1.807, 2.05) is 30.3 Å². The first kappa shape index (κ1) is 34.1. The number of carbonyl (C=O) groups is 2. The zero-order chi connectivity index (χ0) is 35.0. The van der Waals surface area contributed by atoms with Crippen LogP contribution in [-0.4, -0.2) is 24.6 Å². The van der Waals surface area contributed by atoms with Crippen LogP contribution >= 0.6 is 0 Å². The van der Waals surface area contributed by atoms with Gasteiger partial charge in [0.2, 0.25) is 0 Å². The van der Waals surface area contributed by atoms with Gasteiger partial charge >= 0.3 is 11.9 Å². The molecule has 3 saturated carbocycles. The minimum Gasteiger partial charge on any atom is -0.462 e. The van der Waals surface area contributed by atoms with Crippen LogP contribution in [0, 0.1) is 44.3 Å². The Morgan fingerprint density at radius 2 is 1.43 bits per heavy atom. The fraction of sp³-hybridized carbons (Fsp3) is 0.591. The van der Waals surface area contributed by atoms with Crippen molar-refractivity contribution in [2.24, 2.45) is 44.3 Å². The lowest BCUT2D eigenvalue weighted by Gasteiger charge is -2.69. The predicted octanol–water partition coefficient (Wildman–Crippen LogP) is 10.4. The second-order valence-corrected chi connectivity index (χ2v) is 18.4. The molecular formula is C44H57NO4. The average Bonchev–Trinajstić information content (AvgIpc) is 3.07. The quantitative estimate of drug-likeness (QED) is 0.254. The van der Waals surface area contributed by atoms with Crippen LogP contribution < -0.4 is 5.73 Å². The first-order chi connectivity index (χ1) is 23.0. The SMILES string of the molecule is CC1(C)[C@H]2CC=C3C(=CC[C@@]4(C)[C@@H]5C[C@](C)(COC(=O)c6ccccc6)CC[C@]5(C)CC[C@]34C)[C@@]2(C)CC[C@H]1OC(=O)c1ccc(N)cc1. The molecule has 262 valence electrons. The summed E-state index contributed by atoms with van der Waals surface area (Å²) in [4.78, 5) is 26.2. The van der Waals surface area contributed by atoms with Crippen molar-refractivity contribution in [3.63, 3.8) is 0 Å². The Bertz CT molecular complexity index is 1690. The van der Waals surface area contributed by atoms with Crippen molar-refractivity contribution in [1.82, 2.24) is 0 Å². The Morgan fingerprint density at radius 1 is 0.755 bits per heavy atom. The van der Waals surface area contributed by atoms with Crippen LogP contribution in [0.25, 0.3) is 0 Å². The first-order valence-electron chi connectivity index (χ1n) is 18.8. The van der Waals surface area contributed by atoms with Gasteiger partial charge in [0.15, 0.2) is 0 Å². The molecule has 2 aromatic rings. The van der Waals surface area contributed by atoms with E-state index in [2.05, 4.69) is 60.6 Å². The van der Waals surface area contributed by atoms with Gasteiger partial charge < -0.3 is 15.2 Å². The van der Waals surface area contributed by atoms with Gasteiger partial charge in [0, 0.05) is 16.5 Å². The molecule has 0 aromatic heterocycles. The minimum atomic E-state index is -0.256. The van der Waals surface area contributed by atoms with Gasteiger partial charge in [-0.25, -0.2) is 9.59 Å². The summed E-state index contributed by atoms with van der Waals surface area (Å²) in [5, 5.41) is 0. The number of anilines is 1. The molecule has 2 aromatic carbocycles. The molecule has 5 aliphatic carbocycles. The zero-order valence-corrected chi connectivity index (χ0v) is 30.9. The highest BCUT2D eigenvalue weighted by Gasteiger charge is 2.66. The van der Waals surface area contributed by atoms with E-state index in [-0.39, 0.29) is 45.1 Å². The van der Waals surface area contributed by atoms with Crippen molar-refractivity contribution in [2.45, 2.75) is 112 Å². The summed E-state index contributed by atoms with van der Waals surface area (Å²) in [6.45, 7) is 17.7. The maximum Gasteiger partial charge on any atom is 0.338 e. The molecule has 5 nitrogen and oxygen atoms in total. The van der Waals surface area contributed by atoms with Crippen LogP contribution in [-0.2, 0) is 9.47 Å². The molecule has 2 N–H and O–H groups in total. The van der Waals surface area contributed by atoms with Gasteiger partial charge in [-0.05, 0) is 139 Å². The van der Waals surface area contributed by atoms with Crippen molar-refractivity contribution >= 4 is 17.6 Å². The van der Waals surface area contributed by atoms with Crippen molar-refractivity contribution in [3.05, 3.63) is 89.0 Å². The third-order valence-corrected chi connectivity index (χ3v) is 15.2. The Labute approximate surface area is 294 Å². The molecule has 0 bridgehead atoms. The molecule has 0 amide bonds. The number of hydrogen-bond acceptors (Lipinski definition) is 5. The minimum absolute atomic E-state index is 0.0372. The Hall–Kier alpha value is -3.34. The van der Waals surface area contributed by atoms with E-state index >= 15 is 0 Å². The molecule has 0 saturated heterocycles. The third-order valence-electron chi connectivity index (χ3n) is 15.2. The molecule has 3 fully saturated rings. The molecule has 8 atom stereocenters. The summed E-state index contributed by atoms with van der Waals surface area (Å²) in [6.07, 6.45) is 14.9.